The third-order valence-electron chi connectivity index (χ3n) is 1.79. The molecule has 1 aromatic heterocycles. The number of nitrogens with zero attached hydrogens (tertiary/aromatic N) is 2. The maximum Gasteiger partial charge on any atom is 0.363 e. The van der Waals surface area contributed by atoms with Gasteiger partial charge in [-0.3, -0.25) is 0 Å². The molecule has 0 aliphatic carbocycles. The van der Waals surface area contributed by atoms with Gasteiger partial charge in [-0.15, -0.1) is 0 Å². The van der Waals surface area contributed by atoms with Gasteiger partial charge in [0.1, 0.15) is 0 Å². The third-order valence-corrected chi connectivity index (χ3v) is 2.49. The fraction of sp³-hybridized carbons (Fsp3) is 0.444. The van der Waals surface area contributed by atoms with E-state index in [1.54, 1.807) is 17.8 Å². The predicted molar refractivity (Wildman–Crippen MR) is 62.4 cm³/mol. The molecule has 0 aliphatic heterocycles. The van der Waals surface area contributed by atoms with Gasteiger partial charge >= 0.3 is 5.82 Å². The average Bonchev–Trinajstić information content (AvgIpc) is 2.25. The van der Waals surface area contributed by atoms with Crippen LogP contribution < -0.4 is 5.32 Å². The van der Waals surface area contributed by atoms with Gasteiger partial charge in [-0.05, 0) is 34.4 Å². The van der Waals surface area contributed by atoms with E-state index in [-0.39, 0.29) is 5.82 Å². The van der Waals surface area contributed by atoms with E-state index >= 15 is 0 Å². The second-order valence-corrected chi connectivity index (χ2v) is 3.92. The molecule has 0 unspecified atom stereocenters. The van der Waals surface area contributed by atoms with Crippen LogP contribution in [0.15, 0.2) is 18.3 Å². The zero-order valence-electron chi connectivity index (χ0n) is 8.47. The standard InChI is InChI=1S/C9H13N3O2S/c1-15-6-2-5-10-8-3-4-9(11-7-8)12(13)14/h3-4,7,10H,2,5-6H2,1H3. The molecule has 0 amide bonds. The van der Waals surface area contributed by atoms with Crippen LogP contribution in [0.2, 0.25) is 0 Å². The topological polar surface area (TPSA) is 68.1 Å². The Labute approximate surface area is 92.4 Å². The lowest BCUT2D eigenvalue weighted by atomic mass is 10.4. The van der Waals surface area contributed by atoms with Crippen LogP contribution in [0.3, 0.4) is 0 Å². The second kappa shape index (κ2) is 6.23. The summed E-state index contributed by atoms with van der Waals surface area (Å²) >= 11 is 1.80. The Balaban J connectivity index is 2.39. The van der Waals surface area contributed by atoms with Crippen molar-refractivity contribution in [3.8, 4) is 0 Å². The first kappa shape index (κ1) is 11.8. The van der Waals surface area contributed by atoms with Crippen molar-refractivity contribution in [2.24, 2.45) is 0 Å². The van der Waals surface area contributed by atoms with Crippen molar-refractivity contribution in [2.75, 3.05) is 23.9 Å². The molecule has 0 fully saturated rings. The lowest BCUT2D eigenvalue weighted by Crippen LogP contribution is -2.03. The van der Waals surface area contributed by atoms with E-state index in [1.165, 1.54) is 12.3 Å². The molecule has 0 aliphatic rings. The fourth-order valence-electron chi connectivity index (χ4n) is 1.05. The molecule has 0 aromatic carbocycles. The van der Waals surface area contributed by atoms with Crippen LogP contribution in [-0.2, 0) is 0 Å². The van der Waals surface area contributed by atoms with E-state index in [9.17, 15) is 10.1 Å². The lowest BCUT2D eigenvalue weighted by molar-refractivity contribution is -0.389. The lowest BCUT2D eigenvalue weighted by Gasteiger charge is -2.02. The number of pyridine rings is 1. The first-order valence-corrected chi connectivity index (χ1v) is 5.96. The molecule has 1 rings (SSSR count). The van der Waals surface area contributed by atoms with Crippen molar-refractivity contribution in [3.05, 3.63) is 28.4 Å². The molecule has 0 radical (unpaired) electrons. The van der Waals surface area contributed by atoms with Gasteiger partial charge in [0.25, 0.3) is 0 Å². The minimum Gasteiger partial charge on any atom is -0.382 e. The summed E-state index contributed by atoms with van der Waals surface area (Å²) in [6, 6.07) is 3.07. The molecule has 0 saturated heterocycles. The number of nitro groups is 1. The van der Waals surface area contributed by atoms with Gasteiger partial charge in [0.05, 0.1) is 5.69 Å². The molecule has 82 valence electrons. The van der Waals surface area contributed by atoms with Crippen molar-refractivity contribution in [2.45, 2.75) is 6.42 Å². The summed E-state index contributed by atoms with van der Waals surface area (Å²) in [5, 5.41) is 13.5. The van der Waals surface area contributed by atoms with Crippen molar-refractivity contribution >= 4 is 23.3 Å². The minimum absolute atomic E-state index is 0.121. The van der Waals surface area contributed by atoms with Crippen LogP contribution in [0.25, 0.3) is 0 Å². The molecule has 0 saturated carbocycles. The van der Waals surface area contributed by atoms with E-state index in [2.05, 4.69) is 16.6 Å². The first-order valence-electron chi connectivity index (χ1n) is 4.57. The van der Waals surface area contributed by atoms with Gasteiger partial charge in [0, 0.05) is 12.6 Å². The molecule has 0 spiro atoms. The highest BCUT2D eigenvalue weighted by Gasteiger charge is 2.05. The monoisotopic (exact) mass is 227 g/mol. The molecule has 1 N–H and O–H groups in total. The largest absolute Gasteiger partial charge is 0.382 e. The van der Waals surface area contributed by atoms with Crippen LogP contribution >= 0.6 is 11.8 Å². The molecular formula is C9H13N3O2S. The molecular weight excluding hydrogens is 214 g/mol. The Kier molecular flexibility index (Phi) is 4.89. The van der Waals surface area contributed by atoms with Gasteiger partial charge in [-0.1, -0.05) is 0 Å². The van der Waals surface area contributed by atoms with E-state index in [1.807, 2.05) is 0 Å². The van der Waals surface area contributed by atoms with Crippen molar-refractivity contribution in [1.29, 1.82) is 0 Å². The third kappa shape index (κ3) is 4.16. The summed E-state index contributed by atoms with van der Waals surface area (Å²) in [7, 11) is 0. The SMILES string of the molecule is CSCCCNc1ccc([N+](=O)[O-])nc1. The molecule has 5 nitrogen and oxygen atoms in total. The van der Waals surface area contributed by atoms with Crippen LogP contribution in [-0.4, -0.2) is 28.5 Å². The molecule has 0 bridgehead atoms. The Bertz CT molecular complexity index is 316. The highest BCUT2D eigenvalue weighted by molar-refractivity contribution is 7.98. The van der Waals surface area contributed by atoms with Gasteiger partial charge in [0.15, 0.2) is 6.20 Å². The second-order valence-electron chi connectivity index (χ2n) is 2.94. The first-order chi connectivity index (χ1) is 7.24. The van der Waals surface area contributed by atoms with E-state index in [4.69, 9.17) is 0 Å². The number of rotatable bonds is 6. The highest BCUT2D eigenvalue weighted by Crippen LogP contribution is 2.11. The van der Waals surface area contributed by atoms with Crippen LogP contribution in [0.4, 0.5) is 11.5 Å². The number of anilines is 1. The summed E-state index contributed by atoms with van der Waals surface area (Å²) in [6.07, 6.45) is 4.61. The van der Waals surface area contributed by atoms with Crippen molar-refractivity contribution < 1.29 is 4.92 Å². The van der Waals surface area contributed by atoms with Gasteiger partial charge < -0.3 is 15.4 Å². The summed E-state index contributed by atoms with van der Waals surface area (Å²) in [5.41, 5.74) is 0.821. The molecule has 6 heteroatoms. The Hall–Kier alpha value is -1.30. The zero-order chi connectivity index (χ0) is 11.1. The van der Waals surface area contributed by atoms with Crippen molar-refractivity contribution in [3.63, 3.8) is 0 Å². The zero-order valence-corrected chi connectivity index (χ0v) is 9.29. The van der Waals surface area contributed by atoms with E-state index in [0.29, 0.717) is 0 Å². The fourth-order valence-corrected chi connectivity index (χ4v) is 1.48. The Morgan fingerprint density at radius 1 is 1.60 bits per heavy atom. The number of thioether (sulfide) groups is 1. The van der Waals surface area contributed by atoms with Crippen LogP contribution in [0.5, 0.6) is 0 Å². The maximum atomic E-state index is 10.3. The molecule has 1 aromatic rings. The van der Waals surface area contributed by atoms with Crippen LogP contribution in [0, 0.1) is 10.1 Å². The molecule has 0 atom stereocenters. The molecule has 1 heterocycles. The smallest absolute Gasteiger partial charge is 0.363 e. The summed E-state index contributed by atoms with van der Waals surface area (Å²) in [6.45, 7) is 0.861. The van der Waals surface area contributed by atoms with Gasteiger partial charge in [-0.2, -0.15) is 11.8 Å². The number of hydrogen-bond acceptors (Lipinski definition) is 5. The van der Waals surface area contributed by atoms with Crippen LogP contribution in [0.1, 0.15) is 6.42 Å². The maximum absolute atomic E-state index is 10.3. The summed E-state index contributed by atoms with van der Waals surface area (Å²) < 4.78 is 0. The Morgan fingerprint density at radius 3 is 2.93 bits per heavy atom. The minimum atomic E-state index is -0.502. The predicted octanol–water partition coefficient (Wildman–Crippen LogP) is 2.15. The normalized spacial score (nSPS) is 9.93. The average molecular weight is 227 g/mol. The quantitative estimate of drug-likeness (QED) is 0.458. The summed E-state index contributed by atoms with van der Waals surface area (Å²) in [4.78, 5) is 13.5. The Morgan fingerprint density at radius 2 is 2.40 bits per heavy atom. The molecule has 15 heavy (non-hydrogen) atoms. The number of nitrogens with one attached hydrogen (secondary N) is 1. The van der Waals surface area contributed by atoms with E-state index in [0.717, 1.165) is 24.4 Å². The highest BCUT2D eigenvalue weighted by atomic mass is 32.2. The van der Waals surface area contributed by atoms with Gasteiger partial charge in [0.2, 0.25) is 0 Å². The number of aromatic nitrogens is 1. The van der Waals surface area contributed by atoms with E-state index < -0.39 is 4.92 Å². The van der Waals surface area contributed by atoms with Gasteiger partial charge in [-0.25, -0.2) is 0 Å². The van der Waals surface area contributed by atoms with Crippen molar-refractivity contribution in [1.82, 2.24) is 4.98 Å². The number of hydrogen-bond donors (Lipinski definition) is 1. The summed E-state index contributed by atoms with van der Waals surface area (Å²) in [5.74, 6) is 0.984.